The maximum Gasteiger partial charge on any atom is 0.304 e. The molecule has 2 aromatic rings. The average Bonchev–Trinajstić information content (AvgIpc) is 3.07. The highest BCUT2D eigenvalue weighted by molar-refractivity contribution is 7.91. The maximum atomic E-state index is 12.1. The van der Waals surface area contributed by atoms with Gasteiger partial charge in [0, 0.05) is 26.1 Å². The third-order valence-electron chi connectivity index (χ3n) is 2.62. The van der Waals surface area contributed by atoms with Crippen molar-refractivity contribution in [1.29, 1.82) is 0 Å². The molecule has 0 spiro atoms. The van der Waals surface area contributed by atoms with Gasteiger partial charge in [0.15, 0.2) is 5.00 Å². The van der Waals surface area contributed by atoms with Crippen LogP contribution < -0.4 is 10.0 Å². The second kappa shape index (κ2) is 6.24. The molecular weight excluding hydrogens is 318 g/mol. The Balaban J connectivity index is 2.10. The molecule has 0 aliphatic heterocycles. The van der Waals surface area contributed by atoms with Crippen LogP contribution in [0.4, 0.5) is 10.7 Å². The number of nitrogens with zero attached hydrogens (tertiary/aromatic N) is 1. The summed E-state index contributed by atoms with van der Waals surface area (Å²) in [5.74, 6) is 0.658. The van der Waals surface area contributed by atoms with Crippen LogP contribution in [0.3, 0.4) is 0 Å². The Morgan fingerprint density at radius 1 is 1.48 bits per heavy atom. The lowest BCUT2D eigenvalue weighted by molar-refractivity contribution is -0.383. The Labute approximate surface area is 125 Å². The maximum absolute atomic E-state index is 12.1. The molecule has 0 bridgehead atoms. The Hall–Kier alpha value is -1.91. The SMILES string of the molecule is CNc1sc(S(=O)(=O)NCCc2ccco2)cc1[N+](=O)[O-]. The van der Waals surface area contributed by atoms with Crippen molar-refractivity contribution in [3.8, 4) is 0 Å². The Kier molecular flexibility index (Phi) is 4.60. The number of rotatable bonds is 7. The van der Waals surface area contributed by atoms with Gasteiger partial charge in [-0.25, -0.2) is 13.1 Å². The second-order valence-electron chi connectivity index (χ2n) is 4.01. The van der Waals surface area contributed by atoms with Gasteiger partial charge in [0.25, 0.3) is 0 Å². The van der Waals surface area contributed by atoms with Gasteiger partial charge in [-0.3, -0.25) is 10.1 Å². The van der Waals surface area contributed by atoms with Crippen LogP contribution in [0.2, 0.25) is 0 Å². The van der Waals surface area contributed by atoms with E-state index in [0.29, 0.717) is 12.2 Å². The molecule has 10 heteroatoms. The summed E-state index contributed by atoms with van der Waals surface area (Å²) in [6.07, 6.45) is 1.91. The van der Waals surface area contributed by atoms with Gasteiger partial charge in [0.1, 0.15) is 9.97 Å². The zero-order valence-corrected chi connectivity index (χ0v) is 12.7. The van der Waals surface area contributed by atoms with Gasteiger partial charge in [-0.15, -0.1) is 0 Å². The lowest BCUT2D eigenvalue weighted by atomic mass is 10.3. The van der Waals surface area contributed by atoms with E-state index in [1.807, 2.05) is 0 Å². The monoisotopic (exact) mass is 331 g/mol. The van der Waals surface area contributed by atoms with E-state index in [9.17, 15) is 18.5 Å². The summed E-state index contributed by atoms with van der Waals surface area (Å²) in [6, 6.07) is 4.50. The summed E-state index contributed by atoms with van der Waals surface area (Å²) in [6.45, 7) is 0.149. The van der Waals surface area contributed by atoms with Crippen molar-refractivity contribution in [2.45, 2.75) is 10.6 Å². The van der Waals surface area contributed by atoms with Crippen LogP contribution in [0.1, 0.15) is 5.76 Å². The Morgan fingerprint density at radius 3 is 2.76 bits per heavy atom. The third-order valence-corrected chi connectivity index (χ3v) is 5.70. The number of furan rings is 1. The lowest BCUT2D eigenvalue weighted by Crippen LogP contribution is -2.25. The van der Waals surface area contributed by atoms with E-state index in [-0.39, 0.29) is 21.4 Å². The third kappa shape index (κ3) is 3.60. The highest BCUT2D eigenvalue weighted by Crippen LogP contribution is 2.36. The topological polar surface area (TPSA) is 114 Å². The standard InChI is InChI=1S/C11H13N3O5S2/c1-12-11-9(14(15)16)7-10(20-11)21(17,18)13-5-4-8-3-2-6-19-8/h2-3,6-7,12-13H,4-5H2,1H3. The van der Waals surface area contributed by atoms with Crippen LogP contribution >= 0.6 is 11.3 Å². The molecule has 2 rings (SSSR count). The molecule has 0 aromatic carbocycles. The van der Waals surface area contributed by atoms with Crippen molar-refractivity contribution in [3.05, 3.63) is 40.3 Å². The van der Waals surface area contributed by atoms with Crippen molar-refractivity contribution >= 4 is 32.0 Å². The molecule has 0 amide bonds. The lowest BCUT2D eigenvalue weighted by Gasteiger charge is -2.02. The average molecular weight is 331 g/mol. The van der Waals surface area contributed by atoms with Gasteiger partial charge in [-0.2, -0.15) is 0 Å². The minimum Gasteiger partial charge on any atom is -0.469 e. The molecule has 0 fully saturated rings. The molecule has 2 aromatic heterocycles. The molecule has 2 N–H and O–H groups in total. The van der Waals surface area contributed by atoms with E-state index >= 15 is 0 Å². The van der Waals surface area contributed by atoms with Crippen molar-refractivity contribution in [3.63, 3.8) is 0 Å². The molecule has 0 saturated carbocycles. The zero-order valence-electron chi connectivity index (χ0n) is 11.0. The summed E-state index contributed by atoms with van der Waals surface area (Å²) in [5.41, 5.74) is -0.256. The molecule has 0 aliphatic carbocycles. The van der Waals surface area contributed by atoms with Crippen molar-refractivity contribution < 1.29 is 17.8 Å². The van der Waals surface area contributed by atoms with Crippen LogP contribution in [-0.4, -0.2) is 26.9 Å². The fourth-order valence-corrected chi connectivity index (χ4v) is 4.00. The largest absolute Gasteiger partial charge is 0.469 e. The first-order valence-corrected chi connectivity index (χ1v) is 8.22. The van der Waals surface area contributed by atoms with Gasteiger partial charge in [-0.1, -0.05) is 11.3 Å². The van der Waals surface area contributed by atoms with E-state index in [4.69, 9.17) is 4.42 Å². The van der Waals surface area contributed by atoms with Crippen LogP contribution in [0.5, 0.6) is 0 Å². The van der Waals surface area contributed by atoms with Crippen molar-refractivity contribution in [2.24, 2.45) is 0 Å². The molecule has 0 radical (unpaired) electrons. The molecule has 2 heterocycles. The number of thiophene rings is 1. The van der Waals surface area contributed by atoms with E-state index in [2.05, 4.69) is 10.0 Å². The predicted octanol–water partition coefficient (Wildman–Crippen LogP) is 1.81. The van der Waals surface area contributed by atoms with Crippen molar-refractivity contribution in [2.75, 3.05) is 18.9 Å². The van der Waals surface area contributed by atoms with Gasteiger partial charge in [0.05, 0.1) is 11.2 Å². The van der Waals surface area contributed by atoms with E-state index in [0.717, 1.165) is 17.4 Å². The van der Waals surface area contributed by atoms with Gasteiger partial charge in [0.2, 0.25) is 10.0 Å². The number of anilines is 1. The van der Waals surface area contributed by atoms with Crippen LogP contribution in [0, 0.1) is 10.1 Å². The zero-order chi connectivity index (χ0) is 15.5. The minimum absolute atomic E-state index is 0.0991. The number of sulfonamides is 1. The van der Waals surface area contributed by atoms with Gasteiger partial charge in [-0.05, 0) is 12.1 Å². The van der Waals surface area contributed by atoms with Crippen LogP contribution in [0.25, 0.3) is 0 Å². The first-order valence-electron chi connectivity index (χ1n) is 5.92. The highest BCUT2D eigenvalue weighted by atomic mass is 32.2. The fourth-order valence-electron chi connectivity index (χ4n) is 1.64. The molecule has 114 valence electrons. The minimum atomic E-state index is -3.78. The first kappa shape index (κ1) is 15.5. The van der Waals surface area contributed by atoms with Crippen LogP contribution in [-0.2, 0) is 16.4 Å². The Morgan fingerprint density at radius 2 is 2.24 bits per heavy atom. The molecule has 0 atom stereocenters. The molecule has 0 aliphatic rings. The molecule has 0 unspecified atom stereocenters. The second-order valence-corrected chi connectivity index (χ2v) is 7.06. The quantitative estimate of drug-likeness (QED) is 0.591. The first-order chi connectivity index (χ1) is 9.94. The van der Waals surface area contributed by atoms with Gasteiger partial charge >= 0.3 is 5.69 Å². The summed E-state index contributed by atoms with van der Waals surface area (Å²) in [5, 5.41) is 13.7. The predicted molar refractivity (Wildman–Crippen MR) is 78.1 cm³/mol. The van der Waals surface area contributed by atoms with E-state index < -0.39 is 14.9 Å². The van der Waals surface area contributed by atoms with E-state index in [1.165, 1.54) is 13.3 Å². The smallest absolute Gasteiger partial charge is 0.304 e. The van der Waals surface area contributed by atoms with Gasteiger partial charge < -0.3 is 9.73 Å². The highest BCUT2D eigenvalue weighted by Gasteiger charge is 2.25. The fraction of sp³-hybridized carbons (Fsp3) is 0.273. The number of hydrogen-bond acceptors (Lipinski definition) is 7. The normalized spacial score (nSPS) is 11.5. The Bertz CT molecular complexity index is 721. The summed E-state index contributed by atoms with van der Waals surface area (Å²) >= 11 is 0.816. The summed E-state index contributed by atoms with van der Waals surface area (Å²) in [4.78, 5) is 10.2. The van der Waals surface area contributed by atoms with Crippen LogP contribution in [0.15, 0.2) is 33.1 Å². The summed E-state index contributed by atoms with van der Waals surface area (Å²) in [7, 11) is -2.28. The molecule has 0 saturated heterocycles. The molecule has 8 nitrogen and oxygen atoms in total. The molecular formula is C11H13N3O5S2. The summed E-state index contributed by atoms with van der Waals surface area (Å²) < 4.78 is 31.6. The number of nitrogens with one attached hydrogen (secondary N) is 2. The van der Waals surface area contributed by atoms with Crippen molar-refractivity contribution in [1.82, 2.24) is 4.72 Å². The van der Waals surface area contributed by atoms with E-state index in [1.54, 1.807) is 12.1 Å². The number of nitro groups is 1. The molecule has 21 heavy (non-hydrogen) atoms. The number of hydrogen-bond donors (Lipinski definition) is 2.